The predicted molar refractivity (Wildman–Crippen MR) is 81.2 cm³/mol. The molecule has 2 aromatic carbocycles. The maximum absolute atomic E-state index is 6.15. The van der Waals surface area contributed by atoms with E-state index in [0.29, 0.717) is 6.54 Å². The lowest BCUT2D eigenvalue weighted by molar-refractivity contribution is 0.623. The molecule has 0 aromatic heterocycles. The molecule has 0 heterocycles. The third-order valence-electron chi connectivity index (χ3n) is 2.87. The van der Waals surface area contributed by atoms with Crippen molar-refractivity contribution in [2.45, 2.75) is 13.0 Å². The number of benzene rings is 2. The molecule has 2 aromatic rings. The van der Waals surface area contributed by atoms with Gasteiger partial charge in [0, 0.05) is 16.6 Å². The molecule has 2 rings (SSSR count). The summed E-state index contributed by atoms with van der Waals surface area (Å²) in [4.78, 5) is 0. The Morgan fingerprint density at radius 1 is 1.05 bits per heavy atom. The first-order chi connectivity index (χ1) is 9.27. The molecule has 0 amide bonds. The van der Waals surface area contributed by atoms with Crippen LogP contribution in [-0.4, -0.2) is 6.54 Å². The number of hydrogen-bond donors (Lipinski definition) is 1. The van der Waals surface area contributed by atoms with E-state index in [0.717, 1.165) is 16.1 Å². The Balaban J connectivity index is 1.90. The zero-order chi connectivity index (χ0) is 13.5. The first-order valence-corrected chi connectivity index (χ1v) is 6.67. The summed E-state index contributed by atoms with van der Waals surface area (Å²) in [5, 5.41) is 4.14. The predicted octanol–water partition coefficient (Wildman–Crippen LogP) is 4.04. The third kappa shape index (κ3) is 4.13. The molecule has 0 aliphatic heterocycles. The Kier molecular flexibility index (Phi) is 5.03. The van der Waals surface area contributed by atoms with Crippen molar-refractivity contribution < 1.29 is 0 Å². The summed E-state index contributed by atoms with van der Waals surface area (Å²) in [6.45, 7) is 2.73. The Hall–Kier alpha value is -1.75. The topological polar surface area (TPSA) is 12.0 Å². The van der Waals surface area contributed by atoms with Gasteiger partial charge >= 0.3 is 0 Å². The maximum atomic E-state index is 6.15. The fourth-order valence-electron chi connectivity index (χ4n) is 1.81. The standard InChI is InChI=1S/C17H16ClN/c1-14(16-11-5-6-12-17(16)18)19-13-7-10-15-8-3-2-4-9-15/h2-6,8-9,11-12,14,19H,13H2,1H3/t14-/m0/s1. The lowest BCUT2D eigenvalue weighted by Crippen LogP contribution is -2.19. The van der Waals surface area contributed by atoms with Gasteiger partial charge in [-0.15, -0.1) is 0 Å². The van der Waals surface area contributed by atoms with Gasteiger partial charge in [-0.05, 0) is 30.7 Å². The van der Waals surface area contributed by atoms with E-state index in [2.05, 4.69) is 24.1 Å². The molecule has 1 atom stereocenters. The van der Waals surface area contributed by atoms with Crippen LogP contribution in [0.3, 0.4) is 0 Å². The summed E-state index contributed by atoms with van der Waals surface area (Å²) >= 11 is 6.15. The molecule has 0 unspecified atom stereocenters. The van der Waals surface area contributed by atoms with Crippen molar-refractivity contribution in [1.82, 2.24) is 5.32 Å². The third-order valence-corrected chi connectivity index (χ3v) is 3.22. The van der Waals surface area contributed by atoms with Crippen molar-refractivity contribution >= 4 is 11.6 Å². The van der Waals surface area contributed by atoms with Gasteiger partial charge < -0.3 is 0 Å². The highest BCUT2D eigenvalue weighted by Crippen LogP contribution is 2.21. The summed E-state index contributed by atoms with van der Waals surface area (Å²) in [6, 6.07) is 18.0. The molecule has 0 bridgehead atoms. The van der Waals surface area contributed by atoms with Crippen molar-refractivity contribution in [3.8, 4) is 11.8 Å². The van der Waals surface area contributed by atoms with Crippen molar-refractivity contribution in [3.05, 3.63) is 70.7 Å². The average molecular weight is 270 g/mol. The van der Waals surface area contributed by atoms with Gasteiger partial charge in [-0.1, -0.05) is 59.8 Å². The highest BCUT2D eigenvalue weighted by molar-refractivity contribution is 6.31. The normalized spacial score (nSPS) is 11.5. The molecule has 0 fully saturated rings. The Bertz CT molecular complexity index is 581. The smallest absolute Gasteiger partial charge is 0.0584 e. The molecule has 0 aliphatic rings. The fourth-order valence-corrected chi connectivity index (χ4v) is 2.11. The summed E-state index contributed by atoms with van der Waals surface area (Å²) in [5.74, 6) is 6.24. The van der Waals surface area contributed by atoms with Gasteiger partial charge in [-0.3, -0.25) is 5.32 Å². The summed E-state index contributed by atoms with van der Waals surface area (Å²) in [5.41, 5.74) is 2.14. The maximum Gasteiger partial charge on any atom is 0.0584 e. The number of rotatable bonds is 3. The Morgan fingerprint density at radius 3 is 2.47 bits per heavy atom. The molecule has 2 heteroatoms. The van der Waals surface area contributed by atoms with E-state index in [1.54, 1.807) is 0 Å². The lowest BCUT2D eigenvalue weighted by atomic mass is 10.1. The van der Waals surface area contributed by atoms with E-state index in [9.17, 15) is 0 Å². The number of hydrogen-bond acceptors (Lipinski definition) is 1. The van der Waals surface area contributed by atoms with E-state index in [1.807, 2.05) is 54.6 Å². The van der Waals surface area contributed by atoms with Crippen molar-refractivity contribution in [3.63, 3.8) is 0 Å². The zero-order valence-electron chi connectivity index (χ0n) is 10.9. The van der Waals surface area contributed by atoms with Crippen LogP contribution in [0.4, 0.5) is 0 Å². The highest BCUT2D eigenvalue weighted by Gasteiger charge is 2.06. The van der Waals surface area contributed by atoms with Crippen LogP contribution < -0.4 is 5.32 Å². The van der Waals surface area contributed by atoms with E-state index in [1.165, 1.54) is 0 Å². The summed E-state index contributed by atoms with van der Waals surface area (Å²) in [7, 11) is 0. The van der Waals surface area contributed by atoms with Gasteiger partial charge in [0.15, 0.2) is 0 Å². The molecule has 0 saturated heterocycles. The second kappa shape index (κ2) is 6.99. The van der Waals surface area contributed by atoms with E-state index < -0.39 is 0 Å². The van der Waals surface area contributed by atoms with Crippen LogP contribution in [-0.2, 0) is 0 Å². The number of halogens is 1. The fraction of sp³-hybridized carbons (Fsp3) is 0.176. The molecular formula is C17H16ClN. The first kappa shape index (κ1) is 13.7. The molecule has 0 aliphatic carbocycles. The summed E-state index contributed by atoms with van der Waals surface area (Å²) in [6.07, 6.45) is 0. The molecule has 0 spiro atoms. The van der Waals surface area contributed by atoms with E-state index in [-0.39, 0.29) is 6.04 Å². The van der Waals surface area contributed by atoms with E-state index in [4.69, 9.17) is 11.6 Å². The van der Waals surface area contributed by atoms with Gasteiger partial charge in [-0.25, -0.2) is 0 Å². The molecule has 1 nitrogen and oxygen atoms in total. The largest absolute Gasteiger partial charge is 0.300 e. The second-order valence-corrected chi connectivity index (χ2v) is 4.70. The van der Waals surface area contributed by atoms with Crippen LogP contribution >= 0.6 is 11.6 Å². The van der Waals surface area contributed by atoms with Crippen LogP contribution in [0.25, 0.3) is 0 Å². The van der Waals surface area contributed by atoms with Gasteiger partial charge in [0.2, 0.25) is 0 Å². The van der Waals surface area contributed by atoms with E-state index >= 15 is 0 Å². The Morgan fingerprint density at radius 2 is 1.74 bits per heavy atom. The van der Waals surface area contributed by atoms with Crippen molar-refractivity contribution in [2.24, 2.45) is 0 Å². The quantitative estimate of drug-likeness (QED) is 0.829. The molecule has 19 heavy (non-hydrogen) atoms. The monoisotopic (exact) mass is 269 g/mol. The van der Waals surface area contributed by atoms with Gasteiger partial charge in [0.25, 0.3) is 0 Å². The number of nitrogens with one attached hydrogen (secondary N) is 1. The first-order valence-electron chi connectivity index (χ1n) is 6.29. The van der Waals surface area contributed by atoms with Gasteiger partial charge in [-0.2, -0.15) is 0 Å². The van der Waals surface area contributed by atoms with Gasteiger partial charge in [0.05, 0.1) is 6.54 Å². The van der Waals surface area contributed by atoms with Crippen molar-refractivity contribution in [1.29, 1.82) is 0 Å². The van der Waals surface area contributed by atoms with Crippen molar-refractivity contribution in [2.75, 3.05) is 6.54 Å². The zero-order valence-corrected chi connectivity index (χ0v) is 11.6. The minimum absolute atomic E-state index is 0.193. The molecule has 0 radical (unpaired) electrons. The average Bonchev–Trinajstić information content (AvgIpc) is 2.45. The highest BCUT2D eigenvalue weighted by atomic mass is 35.5. The van der Waals surface area contributed by atoms with Crippen LogP contribution in [0.5, 0.6) is 0 Å². The minimum Gasteiger partial charge on any atom is -0.300 e. The van der Waals surface area contributed by atoms with Crippen LogP contribution in [0.1, 0.15) is 24.1 Å². The van der Waals surface area contributed by atoms with Gasteiger partial charge in [0.1, 0.15) is 0 Å². The SMILES string of the molecule is C[C@H](NCC#Cc1ccccc1)c1ccccc1Cl. The molecule has 0 saturated carbocycles. The Labute approximate surface area is 119 Å². The van der Waals surface area contributed by atoms with Crippen LogP contribution in [0.2, 0.25) is 5.02 Å². The molecule has 96 valence electrons. The summed E-state index contributed by atoms with van der Waals surface area (Å²) < 4.78 is 0. The molecular weight excluding hydrogens is 254 g/mol. The lowest BCUT2D eigenvalue weighted by Gasteiger charge is -2.13. The van der Waals surface area contributed by atoms with Crippen LogP contribution in [0, 0.1) is 11.8 Å². The van der Waals surface area contributed by atoms with Crippen LogP contribution in [0.15, 0.2) is 54.6 Å². The molecule has 1 N–H and O–H groups in total. The minimum atomic E-state index is 0.193. The second-order valence-electron chi connectivity index (χ2n) is 4.29.